The van der Waals surface area contributed by atoms with E-state index in [2.05, 4.69) is 9.99 Å². The van der Waals surface area contributed by atoms with Crippen LogP contribution in [0.5, 0.6) is 0 Å². The van der Waals surface area contributed by atoms with Crippen LogP contribution >= 0.6 is 0 Å². The maximum absolute atomic E-state index is 11.9. The molecule has 0 spiro atoms. The summed E-state index contributed by atoms with van der Waals surface area (Å²) in [6.07, 6.45) is 0.191. The molecule has 0 bridgehead atoms. The summed E-state index contributed by atoms with van der Waals surface area (Å²) in [4.78, 5) is 39.4. The van der Waals surface area contributed by atoms with E-state index in [4.69, 9.17) is 9.84 Å². The molecule has 0 heterocycles. The van der Waals surface area contributed by atoms with Gasteiger partial charge >= 0.3 is 11.9 Å². The standard InChI is InChI=1S/C16H19NO6/c1-4-23-16(21)14(17-22-3)13(10(2)18)9-11-5-7-12(8-6-11)15(19)20/h5-8,13H,4,9H2,1-3H3,(H,19,20). The second-order valence-corrected chi connectivity index (χ2v) is 4.75. The number of carboxylic acid groups (broad SMARTS) is 1. The fourth-order valence-electron chi connectivity index (χ4n) is 2.00. The highest BCUT2D eigenvalue weighted by Gasteiger charge is 2.29. The first-order valence-electron chi connectivity index (χ1n) is 7.01. The number of carboxylic acids is 1. The molecule has 0 aliphatic carbocycles. The van der Waals surface area contributed by atoms with E-state index in [0.29, 0.717) is 5.56 Å². The molecule has 1 N–H and O–H groups in total. The summed E-state index contributed by atoms with van der Waals surface area (Å²) in [5.41, 5.74) is 0.733. The molecule has 1 aromatic carbocycles. The van der Waals surface area contributed by atoms with E-state index in [1.807, 2.05) is 0 Å². The average Bonchev–Trinajstić information content (AvgIpc) is 2.51. The Hall–Kier alpha value is -2.70. The minimum atomic E-state index is -1.03. The third-order valence-corrected chi connectivity index (χ3v) is 3.14. The maximum atomic E-state index is 11.9. The Kier molecular flexibility index (Phi) is 6.92. The van der Waals surface area contributed by atoms with Gasteiger partial charge in [-0.25, -0.2) is 9.59 Å². The number of esters is 1. The molecule has 0 aromatic heterocycles. The lowest BCUT2D eigenvalue weighted by Gasteiger charge is -2.15. The monoisotopic (exact) mass is 321 g/mol. The summed E-state index contributed by atoms with van der Waals surface area (Å²) in [5.74, 6) is -2.84. The zero-order valence-electron chi connectivity index (χ0n) is 13.2. The number of ether oxygens (including phenoxy) is 1. The van der Waals surface area contributed by atoms with Crippen LogP contribution in [-0.4, -0.2) is 42.3 Å². The number of oxime groups is 1. The Morgan fingerprint density at radius 1 is 1.22 bits per heavy atom. The summed E-state index contributed by atoms with van der Waals surface area (Å²) < 4.78 is 4.90. The van der Waals surface area contributed by atoms with Crippen molar-refractivity contribution < 1.29 is 29.1 Å². The Bertz CT molecular complexity index is 606. The van der Waals surface area contributed by atoms with E-state index < -0.39 is 17.9 Å². The third kappa shape index (κ3) is 5.21. The molecule has 1 atom stereocenters. The Morgan fingerprint density at radius 3 is 2.26 bits per heavy atom. The lowest BCUT2D eigenvalue weighted by Crippen LogP contribution is -2.32. The fourth-order valence-corrected chi connectivity index (χ4v) is 2.00. The van der Waals surface area contributed by atoms with Gasteiger partial charge in [-0.1, -0.05) is 17.3 Å². The van der Waals surface area contributed by atoms with Crippen molar-refractivity contribution in [2.45, 2.75) is 20.3 Å². The second-order valence-electron chi connectivity index (χ2n) is 4.75. The van der Waals surface area contributed by atoms with Gasteiger partial charge in [0.1, 0.15) is 12.9 Å². The molecule has 0 amide bonds. The molecule has 124 valence electrons. The summed E-state index contributed by atoms with van der Waals surface area (Å²) in [6, 6.07) is 6.06. The highest BCUT2D eigenvalue weighted by atomic mass is 16.6. The zero-order valence-corrected chi connectivity index (χ0v) is 13.2. The van der Waals surface area contributed by atoms with Crippen molar-refractivity contribution >= 4 is 23.4 Å². The molecule has 0 saturated carbocycles. The number of hydrogen-bond donors (Lipinski definition) is 1. The minimum absolute atomic E-state index is 0.107. The van der Waals surface area contributed by atoms with Crippen LogP contribution < -0.4 is 0 Å². The quantitative estimate of drug-likeness (QED) is 0.444. The number of aromatic carboxylic acids is 1. The van der Waals surface area contributed by atoms with Crippen molar-refractivity contribution in [1.29, 1.82) is 0 Å². The van der Waals surface area contributed by atoms with Crippen molar-refractivity contribution in [1.82, 2.24) is 0 Å². The molecular formula is C16H19NO6. The summed E-state index contributed by atoms with van der Waals surface area (Å²) >= 11 is 0. The number of ketones is 1. The molecule has 0 fully saturated rings. The van der Waals surface area contributed by atoms with Crippen LogP contribution in [0.25, 0.3) is 0 Å². The number of rotatable bonds is 8. The van der Waals surface area contributed by atoms with E-state index in [1.54, 1.807) is 19.1 Å². The summed E-state index contributed by atoms with van der Waals surface area (Å²) in [6.45, 7) is 3.15. The van der Waals surface area contributed by atoms with Gasteiger partial charge in [0.25, 0.3) is 0 Å². The molecule has 1 rings (SSSR count). The van der Waals surface area contributed by atoms with Crippen molar-refractivity contribution in [2.75, 3.05) is 13.7 Å². The van der Waals surface area contributed by atoms with E-state index >= 15 is 0 Å². The zero-order chi connectivity index (χ0) is 17.4. The lowest BCUT2D eigenvalue weighted by atomic mass is 9.91. The van der Waals surface area contributed by atoms with Gasteiger partial charge in [-0.2, -0.15) is 0 Å². The molecule has 7 nitrogen and oxygen atoms in total. The highest BCUT2D eigenvalue weighted by Crippen LogP contribution is 2.15. The molecular weight excluding hydrogens is 302 g/mol. The number of benzene rings is 1. The van der Waals surface area contributed by atoms with Crippen molar-refractivity contribution in [3.8, 4) is 0 Å². The average molecular weight is 321 g/mol. The largest absolute Gasteiger partial charge is 0.478 e. The number of carbonyl (C=O) groups is 3. The van der Waals surface area contributed by atoms with Gasteiger partial charge in [0.2, 0.25) is 0 Å². The first-order valence-corrected chi connectivity index (χ1v) is 7.01. The Morgan fingerprint density at radius 2 is 1.83 bits per heavy atom. The summed E-state index contributed by atoms with van der Waals surface area (Å²) in [7, 11) is 1.28. The van der Waals surface area contributed by atoms with E-state index in [9.17, 15) is 14.4 Å². The van der Waals surface area contributed by atoms with Crippen molar-refractivity contribution in [3.63, 3.8) is 0 Å². The second kappa shape index (κ2) is 8.67. The molecule has 1 unspecified atom stereocenters. The van der Waals surface area contributed by atoms with Crippen LogP contribution in [0.15, 0.2) is 29.4 Å². The van der Waals surface area contributed by atoms with Crippen LogP contribution in [0, 0.1) is 5.92 Å². The van der Waals surface area contributed by atoms with E-state index in [0.717, 1.165) is 0 Å². The molecule has 0 saturated heterocycles. The minimum Gasteiger partial charge on any atom is -0.478 e. The van der Waals surface area contributed by atoms with Gasteiger partial charge in [0, 0.05) is 0 Å². The third-order valence-electron chi connectivity index (χ3n) is 3.14. The van der Waals surface area contributed by atoms with E-state index in [1.165, 1.54) is 26.2 Å². The van der Waals surface area contributed by atoms with Crippen LogP contribution in [-0.2, 0) is 25.6 Å². The van der Waals surface area contributed by atoms with Crippen LogP contribution in [0.1, 0.15) is 29.8 Å². The van der Waals surface area contributed by atoms with Crippen LogP contribution in [0.3, 0.4) is 0 Å². The van der Waals surface area contributed by atoms with Gasteiger partial charge in [-0.05, 0) is 38.0 Å². The van der Waals surface area contributed by atoms with Crippen molar-refractivity contribution in [2.24, 2.45) is 11.1 Å². The normalized spacial score (nSPS) is 12.4. The number of hydrogen-bond acceptors (Lipinski definition) is 6. The van der Waals surface area contributed by atoms with Crippen LogP contribution in [0.4, 0.5) is 0 Å². The topological polar surface area (TPSA) is 102 Å². The van der Waals surface area contributed by atoms with Gasteiger partial charge in [0.05, 0.1) is 18.1 Å². The predicted octanol–water partition coefficient (Wildman–Crippen LogP) is 1.70. The first-order chi connectivity index (χ1) is 10.9. The van der Waals surface area contributed by atoms with Gasteiger partial charge < -0.3 is 14.7 Å². The van der Waals surface area contributed by atoms with Crippen LogP contribution in [0.2, 0.25) is 0 Å². The molecule has 7 heteroatoms. The fraction of sp³-hybridized carbons (Fsp3) is 0.375. The SMILES string of the molecule is CCOC(=O)C(=NOC)C(Cc1ccc(C(=O)O)cc1)C(C)=O. The molecule has 23 heavy (non-hydrogen) atoms. The predicted molar refractivity (Wildman–Crippen MR) is 82.4 cm³/mol. The molecule has 1 aromatic rings. The highest BCUT2D eigenvalue weighted by molar-refractivity contribution is 6.40. The number of carbonyl (C=O) groups excluding carboxylic acids is 2. The van der Waals surface area contributed by atoms with Gasteiger partial charge in [0.15, 0.2) is 5.71 Å². The van der Waals surface area contributed by atoms with Gasteiger partial charge in [-0.15, -0.1) is 0 Å². The number of nitrogens with zero attached hydrogens (tertiary/aromatic N) is 1. The number of Topliss-reactive ketones (excluding diaryl/α,β-unsaturated/α-hetero) is 1. The van der Waals surface area contributed by atoms with Gasteiger partial charge in [-0.3, -0.25) is 4.79 Å². The molecule has 0 aliphatic heterocycles. The first kappa shape index (κ1) is 18.3. The lowest BCUT2D eigenvalue weighted by molar-refractivity contribution is -0.136. The smallest absolute Gasteiger partial charge is 0.356 e. The Labute approximate surface area is 133 Å². The Balaban J connectivity index is 3.05. The van der Waals surface area contributed by atoms with E-state index in [-0.39, 0.29) is 30.1 Å². The molecule has 0 aliphatic rings. The summed E-state index contributed by atoms with van der Waals surface area (Å²) in [5, 5.41) is 12.5. The maximum Gasteiger partial charge on any atom is 0.356 e. The molecule has 0 radical (unpaired) electrons. The van der Waals surface area contributed by atoms with Crippen molar-refractivity contribution in [3.05, 3.63) is 35.4 Å².